The molecule has 2 aromatic rings. The van der Waals surface area contributed by atoms with Gasteiger partial charge in [-0.2, -0.15) is 0 Å². The van der Waals surface area contributed by atoms with Crippen LogP contribution < -0.4 is 9.31 Å². The third kappa shape index (κ3) is 3.93. The molecule has 0 aromatic heterocycles. The van der Waals surface area contributed by atoms with Gasteiger partial charge in [0.25, 0.3) is 11.4 Å². The molecule has 0 saturated heterocycles. The van der Waals surface area contributed by atoms with E-state index in [4.69, 9.17) is 9.31 Å². The molecule has 0 fully saturated rings. The molecular weight excluding hydrogens is 279 g/mol. The number of rotatable bonds is 6. The van der Waals surface area contributed by atoms with Gasteiger partial charge in [0.15, 0.2) is 0 Å². The van der Waals surface area contributed by atoms with E-state index in [1.54, 1.807) is 0 Å². The zero-order valence-corrected chi connectivity index (χ0v) is 10.5. The summed E-state index contributed by atoms with van der Waals surface area (Å²) in [6, 6.07) is 11.1. The molecule has 0 aliphatic heterocycles. The average molecular weight is 287 g/mol. The van der Waals surface area contributed by atoms with Crippen molar-refractivity contribution in [2.24, 2.45) is 0 Å². The molecule has 0 amide bonds. The van der Waals surface area contributed by atoms with Crippen molar-refractivity contribution in [3.63, 3.8) is 0 Å². The molecule has 105 valence electrons. The minimum absolute atomic E-state index is 0.115. The van der Waals surface area contributed by atoms with Crippen LogP contribution in [0, 0.1) is 20.2 Å². The Kier molecular flexibility index (Phi) is 4.34. The van der Waals surface area contributed by atoms with Crippen LogP contribution in [0.5, 0.6) is 11.5 Å². The van der Waals surface area contributed by atoms with Gasteiger partial charge in [-0.15, -0.1) is 0 Å². The SMILES string of the molecule is O=[N+]([O-])c1cccc(O[B]Oc2cccc([N+](=O)[O-])c2)c1. The second-order valence-electron chi connectivity index (χ2n) is 3.84. The Hall–Kier alpha value is -3.10. The van der Waals surface area contributed by atoms with E-state index in [2.05, 4.69) is 0 Å². The van der Waals surface area contributed by atoms with Gasteiger partial charge in [-0.3, -0.25) is 20.2 Å². The number of nitrogens with zero attached hydrogens (tertiary/aromatic N) is 2. The van der Waals surface area contributed by atoms with Crippen LogP contribution in [-0.4, -0.2) is 17.5 Å². The van der Waals surface area contributed by atoms with Gasteiger partial charge < -0.3 is 9.31 Å². The third-order valence-corrected chi connectivity index (χ3v) is 2.43. The van der Waals surface area contributed by atoms with Crippen molar-refractivity contribution in [3.8, 4) is 11.5 Å². The van der Waals surface area contributed by atoms with Gasteiger partial charge in [0.05, 0.1) is 22.0 Å². The Morgan fingerprint density at radius 3 is 1.62 bits per heavy atom. The molecule has 9 heteroatoms. The predicted octanol–water partition coefficient (Wildman–Crippen LogP) is 2.50. The van der Waals surface area contributed by atoms with Crippen LogP contribution in [0.2, 0.25) is 0 Å². The first-order valence-electron chi connectivity index (χ1n) is 5.70. The summed E-state index contributed by atoms with van der Waals surface area (Å²) in [5.74, 6) is 0.435. The maximum atomic E-state index is 10.6. The lowest BCUT2D eigenvalue weighted by atomic mass is 10.2. The van der Waals surface area contributed by atoms with Crippen LogP contribution in [0.3, 0.4) is 0 Å². The van der Waals surface area contributed by atoms with E-state index in [-0.39, 0.29) is 22.9 Å². The fourth-order valence-corrected chi connectivity index (χ4v) is 1.48. The predicted molar refractivity (Wildman–Crippen MR) is 73.2 cm³/mol. The van der Waals surface area contributed by atoms with Crippen LogP contribution in [0.1, 0.15) is 0 Å². The van der Waals surface area contributed by atoms with Gasteiger partial charge in [0.1, 0.15) is 11.5 Å². The number of hydrogen-bond acceptors (Lipinski definition) is 6. The highest BCUT2D eigenvalue weighted by molar-refractivity contribution is 6.20. The van der Waals surface area contributed by atoms with E-state index in [1.165, 1.54) is 48.5 Å². The Morgan fingerprint density at radius 2 is 1.24 bits per heavy atom. The molecule has 0 unspecified atom stereocenters. The van der Waals surface area contributed by atoms with Crippen molar-refractivity contribution in [1.82, 2.24) is 0 Å². The molecule has 0 spiro atoms. The summed E-state index contributed by atoms with van der Waals surface area (Å²) in [5, 5.41) is 21.2. The smallest absolute Gasteiger partial charge is 0.526 e. The second kappa shape index (κ2) is 6.37. The molecule has 0 bridgehead atoms. The van der Waals surface area contributed by atoms with E-state index in [1.807, 2.05) is 0 Å². The standard InChI is InChI=1S/C12H8BN2O6/c16-14(17)9-3-1-5-11(7-9)20-13-21-12-6-2-4-10(8-12)15(18)19/h1-8H. The van der Waals surface area contributed by atoms with Gasteiger partial charge in [0, 0.05) is 12.1 Å². The molecule has 0 N–H and O–H groups in total. The van der Waals surface area contributed by atoms with Gasteiger partial charge >= 0.3 is 7.69 Å². The van der Waals surface area contributed by atoms with Gasteiger partial charge in [-0.1, -0.05) is 12.1 Å². The molecule has 2 aromatic carbocycles. The maximum Gasteiger partial charge on any atom is 0.658 e. The minimum atomic E-state index is -0.547. The van der Waals surface area contributed by atoms with Gasteiger partial charge in [-0.05, 0) is 12.1 Å². The lowest BCUT2D eigenvalue weighted by Gasteiger charge is -2.06. The molecule has 2 rings (SSSR count). The molecule has 0 atom stereocenters. The Bertz CT molecular complexity index is 621. The normalized spacial score (nSPS) is 9.71. The topological polar surface area (TPSA) is 105 Å². The first-order valence-corrected chi connectivity index (χ1v) is 5.70. The van der Waals surface area contributed by atoms with Crippen LogP contribution >= 0.6 is 0 Å². The molecule has 0 aliphatic carbocycles. The Morgan fingerprint density at radius 1 is 0.810 bits per heavy atom. The van der Waals surface area contributed by atoms with E-state index in [9.17, 15) is 20.2 Å². The van der Waals surface area contributed by atoms with Crippen molar-refractivity contribution in [2.75, 3.05) is 0 Å². The largest absolute Gasteiger partial charge is 0.658 e. The molecule has 21 heavy (non-hydrogen) atoms. The molecule has 0 heterocycles. The summed E-state index contributed by atoms with van der Waals surface area (Å²) in [7, 11) is 0.943. The summed E-state index contributed by atoms with van der Waals surface area (Å²) in [6.45, 7) is 0. The monoisotopic (exact) mass is 287 g/mol. The van der Waals surface area contributed by atoms with Crippen molar-refractivity contribution in [2.45, 2.75) is 0 Å². The van der Waals surface area contributed by atoms with Crippen LogP contribution in [0.25, 0.3) is 0 Å². The third-order valence-electron chi connectivity index (χ3n) is 2.43. The molecule has 1 radical (unpaired) electrons. The number of nitro benzene ring substituents is 2. The van der Waals surface area contributed by atoms with Gasteiger partial charge in [-0.25, -0.2) is 0 Å². The van der Waals surface area contributed by atoms with Crippen molar-refractivity contribution >= 4 is 19.1 Å². The van der Waals surface area contributed by atoms with E-state index in [0.717, 1.165) is 7.69 Å². The van der Waals surface area contributed by atoms with Gasteiger partial charge in [0.2, 0.25) is 0 Å². The molecular formula is C12H8BN2O6. The molecule has 8 nitrogen and oxygen atoms in total. The summed E-state index contributed by atoms with van der Waals surface area (Å²) in [6.07, 6.45) is 0. The second-order valence-corrected chi connectivity index (χ2v) is 3.84. The van der Waals surface area contributed by atoms with E-state index in [0.29, 0.717) is 0 Å². The molecule has 0 aliphatic rings. The van der Waals surface area contributed by atoms with Crippen LogP contribution in [0.15, 0.2) is 48.5 Å². The van der Waals surface area contributed by atoms with Crippen molar-refractivity contribution < 1.29 is 19.2 Å². The summed E-state index contributed by atoms with van der Waals surface area (Å²) in [4.78, 5) is 20.1. The highest BCUT2D eigenvalue weighted by Gasteiger charge is 2.10. The first-order chi connectivity index (χ1) is 10.1. The summed E-state index contributed by atoms with van der Waals surface area (Å²) < 4.78 is 10.2. The highest BCUT2D eigenvalue weighted by atomic mass is 16.6. The fourth-order valence-electron chi connectivity index (χ4n) is 1.48. The van der Waals surface area contributed by atoms with Crippen LogP contribution in [0.4, 0.5) is 11.4 Å². The summed E-state index contributed by atoms with van der Waals surface area (Å²) >= 11 is 0. The summed E-state index contributed by atoms with van der Waals surface area (Å²) in [5.41, 5.74) is -0.229. The number of nitro groups is 2. The number of non-ortho nitro benzene ring substituents is 2. The van der Waals surface area contributed by atoms with E-state index < -0.39 is 9.85 Å². The fraction of sp³-hybridized carbons (Fsp3) is 0. The van der Waals surface area contributed by atoms with Crippen LogP contribution in [-0.2, 0) is 0 Å². The zero-order chi connectivity index (χ0) is 15.2. The van der Waals surface area contributed by atoms with E-state index >= 15 is 0 Å². The zero-order valence-electron chi connectivity index (χ0n) is 10.5. The minimum Gasteiger partial charge on any atom is -0.526 e. The number of benzene rings is 2. The lowest BCUT2D eigenvalue weighted by molar-refractivity contribution is -0.385. The van der Waals surface area contributed by atoms with Crippen molar-refractivity contribution in [3.05, 3.63) is 68.8 Å². The quantitative estimate of drug-likeness (QED) is 0.459. The molecule has 0 saturated carbocycles. The van der Waals surface area contributed by atoms with Crippen molar-refractivity contribution in [1.29, 1.82) is 0 Å². The first kappa shape index (κ1) is 14.3. The Balaban J connectivity index is 1.95. The number of hydrogen-bond donors (Lipinski definition) is 0. The maximum absolute atomic E-state index is 10.6. The highest BCUT2D eigenvalue weighted by Crippen LogP contribution is 2.20. The Labute approximate surface area is 119 Å². The average Bonchev–Trinajstić information content (AvgIpc) is 2.48. The lowest BCUT2D eigenvalue weighted by Crippen LogP contribution is -2.11.